The van der Waals surface area contributed by atoms with Gasteiger partial charge in [-0.15, -0.1) is 0 Å². The van der Waals surface area contributed by atoms with Crippen LogP contribution in [-0.2, 0) is 4.79 Å². The lowest BCUT2D eigenvalue weighted by atomic mass is 10.2. The van der Waals surface area contributed by atoms with Crippen LogP contribution in [0.3, 0.4) is 0 Å². The number of nitrogens with two attached hydrogens (primary N) is 1. The first kappa shape index (κ1) is 8.21. The number of carbonyl (C=O) groups is 1. The van der Waals surface area contributed by atoms with E-state index in [0.717, 1.165) is 12.8 Å². The van der Waals surface area contributed by atoms with Crippen LogP contribution in [0.4, 0.5) is 0 Å². The highest BCUT2D eigenvalue weighted by molar-refractivity contribution is 5.73. The summed E-state index contributed by atoms with van der Waals surface area (Å²) < 4.78 is 0. The van der Waals surface area contributed by atoms with Crippen molar-refractivity contribution in [2.24, 2.45) is 5.73 Å². The first-order chi connectivity index (χ1) is 4.27. The van der Waals surface area contributed by atoms with E-state index >= 15 is 0 Å². The minimum absolute atomic E-state index is 0.209. The van der Waals surface area contributed by atoms with Crippen molar-refractivity contribution in [3.05, 3.63) is 12.2 Å². The molecule has 2 heteroatoms. The molecule has 0 aliphatic rings. The third-order valence-electron chi connectivity index (χ3n) is 1.03. The van der Waals surface area contributed by atoms with Crippen LogP contribution < -0.4 is 5.73 Å². The number of amides is 1. The van der Waals surface area contributed by atoms with E-state index in [1.165, 1.54) is 0 Å². The number of rotatable bonds is 4. The van der Waals surface area contributed by atoms with Gasteiger partial charge in [0.15, 0.2) is 0 Å². The zero-order valence-corrected chi connectivity index (χ0v) is 5.76. The van der Waals surface area contributed by atoms with Gasteiger partial charge in [0, 0.05) is 6.42 Å². The molecule has 0 aromatic heterocycles. The van der Waals surface area contributed by atoms with Crippen molar-refractivity contribution in [3.63, 3.8) is 0 Å². The average molecular weight is 127 g/mol. The molecule has 0 unspecified atom stereocenters. The fourth-order valence-corrected chi connectivity index (χ4v) is 0.561. The van der Waals surface area contributed by atoms with Crippen molar-refractivity contribution in [2.45, 2.75) is 26.2 Å². The van der Waals surface area contributed by atoms with Gasteiger partial charge in [-0.25, -0.2) is 0 Å². The van der Waals surface area contributed by atoms with E-state index in [4.69, 9.17) is 5.73 Å². The molecule has 0 fully saturated rings. The van der Waals surface area contributed by atoms with Crippen molar-refractivity contribution in [1.29, 1.82) is 0 Å². The Bertz CT molecular complexity index is 107. The number of unbranched alkanes of at least 4 members (excludes halogenated alkanes) is 1. The second-order valence-electron chi connectivity index (χ2n) is 1.93. The summed E-state index contributed by atoms with van der Waals surface area (Å²) in [6.07, 6.45) is 6.34. The summed E-state index contributed by atoms with van der Waals surface area (Å²) in [4.78, 5) is 10.2. The monoisotopic (exact) mass is 127 g/mol. The second-order valence-corrected chi connectivity index (χ2v) is 1.93. The summed E-state index contributed by atoms with van der Waals surface area (Å²) in [6, 6.07) is 0. The van der Waals surface area contributed by atoms with E-state index in [9.17, 15) is 4.79 Å². The molecule has 1 amide bonds. The molecule has 0 aliphatic carbocycles. The molecule has 0 aromatic rings. The number of hydrogen-bond acceptors (Lipinski definition) is 1. The summed E-state index contributed by atoms with van der Waals surface area (Å²) in [5, 5.41) is 0. The lowest BCUT2D eigenvalue weighted by molar-refractivity contribution is -0.118. The predicted octanol–water partition coefficient (Wildman–Crippen LogP) is 1.22. The summed E-state index contributed by atoms with van der Waals surface area (Å²) >= 11 is 0. The molecular weight excluding hydrogens is 114 g/mol. The number of allylic oxidation sites excluding steroid dienone is 2. The maximum Gasteiger partial charge on any atom is 0.217 e. The molecule has 9 heavy (non-hydrogen) atoms. The molecule has 0 atom stereocenters. The Labute approximate surface area is 55.7 Å². The fourth-order valence-electron chi connectivity index (χ4n) is 0.561. The molecule has 0 saturated carbocycles. The van der Waals surface area contributed by atoms with Crippen LogP contribution in [0, 0.1) is 0 Å². The third-order valence-corrected chi connectivity index (χ3v) is 1.03. The van der Waals surface area contributed by atoms with Crippen LogP contribution in [0.2, 0.25) is 0 Å². The molecule has 0 saturated heterocycles. The molecule has 2 nitrogen and oxygen atoms in total. The maximum atomic E-state index is 10.2. The summed E-state index contributed by atoms with van der Waals surface area (Å²) in [7, 11) is 0. The van der Waals surface area contributed by atoms with Gasteiger partial charge in [0.1, 0.15) is 0 Å². The van der Waals surface area contributed by atoms with Crippen LogP contribution in [0.5, 0.6) is 0 Å². The largest absolute Gasteiger partial charge is 0.370 e. The highest BCUT2D eigenvalue weighted by Gasteiger charge is 1.89. The van der Waals surface area contributed by atoms with Gasteiger partial charge in [-0.2, -0.15) is 0 Å². The number of primary amides is 1. The van der Waals surface area contributed by atoms with Crippen LogP contribution in [-0.4, -0.2) is 5.91 Å². The summed E-state index contributed by atoms with van der Waals surface area (Å²) in [5.41, 5.74) is 4.91. The Hall–Kier alpha value is -0.790. The van der Waals surface area contributed by atoms with Crippen molar-refractivity contribution < 1.29 is 4.79 Å². The lowest BCUT2D eigenvalue weighted by Gasteiger charge is -1.89. The van der Waals surface area contributed by atoms with Gasteiger partial charge < -0.3 is 5.73 Å². The Morgan fingerprint density at radius 3 is 2.78 bits per heavy atom. The Morgan fingerprint density at radius 1 is 1.67 bits per heavy atom. The van der Waals surface area contributed by atoms with Crippen LogP contribution in [0.1, 0.15) is 26.2 Å². The van der Waals surface area contributed by atoms with Crippen molar-refractivity contribution in [2.75, 3.05) is 0 Å². The minimum atomic E-state index is -0.209. The first-order valence-corrected chi connectivity index (χ1v) is 3.17. The zero-order valence-electron chi connectivity index (χ0n) is 5.76. The average Bonchev–Trinajstić information content (AvgIpc) is 1.80. The van der Waals surface area contributed by atoms with Crippen molar-refractivity contribution in [3.8, 4) is 0 Å². The zero-order chi connectivity index (χ0) is 7.11. The van der Waals surface area contributed by atoms with Gasteiger partial charge >= 0.3 is 0 Å². The SMILES string of the molecule is CC=CCCCC(N)=O. The Balaban J connectivity index is 3.01. The Morgan fingerprint density at radius 2 is 2.33 bits per heavy atom. The van der Waals surface area contributed by atoms with Gasteiger partial charge in [0.05, 0.1) is 0 Å². The van der Waals surface area contributed by atoms with Gasteiger partial charge in [-0.3, -0.25) is 4.79 Å². The quantitative estimate of drug-likeness (QED) is 0.447. The first-order valence-electron chi connectivity index (χ1n) is 3.17. The topological polar surface area (TPSA) is 43.1 Å². The molecule has 0 bridgehead atoms. The van der Waals surface area contributed by atoms with Crippen molar-refractivity contribution >= 4 is 5.91 Å². The molecule has 0 rings (SSSR count). The molecule has 0 heterocycles. The van der Waals surface area contributed by atoms with Gasteiger partial charge in [-0.05, 0) is 19.8 Å². The van der Waals surface area contributed by atoms with Gasteiger partial charge in [0.2, 0.25) is 5.91 Å². The number of carbonyl (C=O) groups excluding carboxylic acids is 1. The molecule has 52 valence electrons. The van der Waals surface area contributed by atoms with Crippen molar-refractivity contribution in [1.82, 2.24) is 0 Å². The van der Waals surface area contributed by atoms with Crippen LogP contribution >= 0.6 is 0 Å². The van der Waals surface area contributed by atoms with Crippen LogP contribution in [0.15, 0.2) is 12.2 Å². The van der Waals surface area contributed by atoms with Crippen LogP contribution in [0.25, 0.3) is 0 Å². The highest BCUT2D eigenvalue weighted by atomic mass is 16.1. The van der Waals surface area contributed by atoms with Gasteiger partial charge in [0.25, 0.3) is 0 Å². The molecule has 0 radical (unpaired) electrons. The lowest BCUT2D eigenvalue weighted by Crippen LogP contribution is -2.09. The Kier molecular flexibility index (Phi) is 4.88. The number of hydrogen-bond donors (Lipinski definition) is 1. The predicted molar refractivity (Wildman–Crippen MR) is 37.9 cm³/mol. The molecule has 0 spiro atoms. The van der Waals surface area contributed by atoms with E-state index in [2.05, 4.69) is 0 Å². The smallest absolute Gasteiger partial charge is 0.217 e. The van der Waals surface area contributed by atoms with E-state index < -0.39 is 0 Å². The third kappa shape index (κ3) is 7.21. The molecular formula is C7H13NO. The normalized spacial score (nSPS) is 10.3. The summed E-state index contributed by atoms with van der Waals surface area (Å²) in [5.74, 6) is -0.209. The van der Waals surface area contributed by atoms with Gasteiger partial charge in [-0.1, -0.05) is 12.2 Å². The van der Waals surface area contributed by atoms with E-state index in [1.807, 2.05) is 19.1 Å². The molecule has 2 N–H and O–H groups in total. The summed E-state index contributed by atoms with van der Waals surface area (Å²) in [6.45, 7) is 1.96. The minimum Gasteiger partial charge on any atom is -0.370 e. The highest BCUT2D eigenvalue weighted by Crippen LogP contribution is 1.94. The fraction of sp³-hybridized carbons (Fsp3) is 0.571. The standard InChI is InChI=1S/C7H13NO/c1-2-3-4-5-6-7(8)9/h2-3H,4-6H2,1H3,(H2,8,9). The molecule has 0 aliphatic heterocycles. The maximum absolute atomic E-state index is 10.2. The molecule has 0 aromatic carbocycles. The second kappa shape index (κ2) is 5.35. The van der Waals surface area contributed by atoms with E-state index in [-0.39, 0.29) is 5.91 Å². The van der Waals surface area contributed by atoms with E-state index in [0.29, 0.717) is 6.42 Å². The van der Waals surface area contributed by atoms with E-state index in [1.54, 1.807) is 0 Å².